The van der Waals surface area contributed by atoms with Crippen molar-refractivity contribution in [3.8, 4) is 17.6 Å². The van der Waals surface area contributed by atoms with Crippen molar-refractivity contribution >= 4 is 0 Å². The zero-order valence-corrected chi connectivity index (χ0v) is 9.81. The van der Waals surface area contributed by atoms with Crippen molar-refractivity contribution in [2.75, 3.05) is 13.7 Å². The van der Waals surface area contributed by atoms with E-state index in [-0.39, 0.29) is 11.8 Å². The Hall–Kier alpha value is -1.73. The first-order valence-corrected chi connectivity index (χ1v) is 5.74. The van der Waals surface area contributed by atoms with Crippen molar-refractivity contribution in [1.82, 2.24) is 5.32 Å². The number of nitriles is 1. The molecule has 0 bridgehead atoms. The van der Waals surface area contributed by atoms with Gasteiger partial charge in [0, 0.05) is 0 Å². The van der Waals surface area contributed by atoms with Gasteiger partial charge in [0.15, 0.2) is 11.5 Å². The van der Waals surface area contributed by atoms with Gasteiger partial charge in [-0.2, -0.15) is 5.26 Å². The van der Waals surface area contributed by atoms with Crippen LogP contribution >= 0.6 is 0 Å². The molecule has 0 amide bonds. The number of hydrogen-bond donors (Lipinski definition) is 2. The van der Waals surface area contributed by atoms with Gasteiger partial charge in [-0.1, -0.05) is 6.07 Å². The van der Waals surface area contributed by atoms with E-state index in [9.17, 15) is 5.11 Å². The van der Waals surface area contributed by atoms with Crippen LogP contribution in [0, 0.1) is 17.2 Å². The Balaban J connectivity index is 2.07. The highest BCUT2D eigenvalue weighted by Gasteiger charge is 2.22. The maximum Gasteiger partial charge on any atom is 0.160 e. The third-order valence-electron chi connectivity index (χ3n) is 2.97. The molecule has 90 valence electrons. The van der Waals surface area contributed by atoms with Crippen molar-refractivity contribution in [1.29, 1.82) is 5.26 Å². The highest BCUT2D eigenvalue weighted by atomic mass is 16.5. The van der Waals surface area contributed by atoms with E-state index < -0.39 is 0 Å². The second kappa shape index (κ2) is 5.07. The molecule has 4 nitrogen and oxygen atoms in total. The van der Waals surface area contributed by atoms with Gasteiger partial charge in [0.1, 0.15) is 6.04 Å². The molecule has 1 aromatic carbocycles. The summed E-state index contributed by atoms with van der Waals surface area (Å²) in [5.74, 6) is 1.21. The maximum absolute atomic E-state index is 9.66. The largest absolute Gasteiger partial charge is 0.504 e. The van der Waals surface area contributed by atoms with Gasteiger partial charge in [-0.15, -0.1) is 0 Å². The summed E-state index contributed by atoms with van der Waals surface area (Å²) in [6.07, 6.45) is 2.50. The minimum atomic E-state index is -0.368. The lowest BCUT2D eigenvalue weighted by atomic mass is 10.1. The molecule has 2 rings (SSSR count). The summed E-state index contributed by atoms with van der Waals surface area (Å²) in [4.78, 5) is 0. The van der Waals surface area contributed by atoms with E-state index in [0.717, 1.165) is 18.0 Å². The van der Waals surface area contributed by atoms with E-state index in [1.165, 1.54) is 20.0 Å². The summed E-state index contributed by atoms with van der Waals surface area (Å²) in [6, 6.07) is 6.88. The zero-order chi connectivity index (χ0) is 12.3. The number of aromatic hydroxyl groups is 1. The third kappa shape index (κ3) is 2.89. The molecular weight excluding hydrogens is 216 g/mol. The maximum atomic E-state index is 9.66. The average molecular weight is 232 g/mol. The van der Waals surface area contributed by atoms with E-state index in [0.29, 0.717) is 5.75 Å². The molecular formula is C13H16N2O2. The first kappa shape index (κ1) is 11.7. The van der Waals surface area contributed by atoms with Gasteiger partial charge >= 0.3 is 0 Å². The molecule has 0 heterocycles. The third-order valence-corrected chi connectivity index (χ3v) is 2.97. The van der Waals surface area contributed by atoms with Gasteiger partial charge in [0.2, 0.25) is 0 Å². The fourth-order valence-corrected chi connectivity index (χ4v) is 1.73. The molecule has 0 spiro atoms. The van der Waals surface area contributed by atoms with Crippen molar-refractivity contribution in [2.24, 2.45) is 5.92 Å². The number of ether oxygens (including phenoxy) is 1. The van der Waals surface area contributed by atoms with Gasteiger partial charge in [-0.25, -0.2) is 0 Å². The molecule has 0 radical (unpaired) electrons. The van der Waals surface area contributed by atoms with Crippen molar-refractivity contribution < 1.29 is 9.84 Å². The fourth-order valence-electron chi connectivity index (χ4n) is 1.73. The second-order valence-corrected chi connectivity index (χ2v) is 4.35. The number of nitrogens with one attached hydrogen (secondary N) is 1. The summed E-state index contributed by atoms with van der Waals surface area (Å²) in [7, 11) is 1.50. The van der Waals surface area contributed by atoms with Crippen LogP contribution in [0.25, 0.3) is 0 Å². The molecule has 0 aliphatic heterocycles. The molecule has 1 unspecified atom stereocenters. The lowest BCUT2D eigenvalue weighted by Gasteiger charge is -2.12. The summed E-state index contributed by atoms with van der Waals surface area (Å²) < 4.78 is 4.97. The topological polar surface area (TPSA) is 65.3 Å². The zero-order valence-electron chi connectivity index (χ0n) is 9.81. The van der Waals surface area contributed by atoms with E-state index in [1.54, 1.807) is 18.2 Å². The van der Waals surface area contributed by atoms with E-state index >= 15 is 0 Å². The number of phenolic OH excluding ortho intramolecular Hbond substituents is 1. The van der Waals surface area contributed by atoms with E-state index in [4.69, 9.17) is 10.00 Å². The highest BCUT2D eigenvalue weighted by Crippen LogP contribution is 2.31. The van der Waals surface area contributed by atoms with Crippen LogP contribution in [0.4, 0.5) is 0 Å². The van der Waals surface area contributed by atoms with Crippen LogP contribution in [0.5, 0.6) is 11.5 Å². The van der Waals surface area contributed by atoms with Crippen LogP contribution in [0.15, 0.2) is 18.2 Å². The molecule has 1 aromatic rings. The Labute approximate surface area is 101 Å². The normalized spacial score (nSPS) is 16.2. The predicted octanol–water partition coefficient (Wildman–Crippen LogP) is 1.97. The lowest BCUT2D eigenvalue weighted by Crippen LogP contribution is -2.22. The molecule has 2 N–H and O–H groups in total. The quantitative estimate of drug-likeness (QED) is 0.814. The van der Waals surface area contributed by atoms with Crippen molar-refractivity contribution in [2.45, 2.75) is 18.9 Å². The summed E-state index contributed by atoms with van der Waals surface area (Å²) in [6.45, 7) is 0.866. The number of rotatable bonds is 5. The van der Waals surface area contributed by atoms with Crippen LogP contribution in [-0.4, -0.2) is 18.8 Å². The fraction of sp³-hybridized carbons (Fsp3) is 0.462. The minimum Gasteiger partial charge on any atom is -0.504 e. The first-order valence-electron chi connectivity index (χ1n) is 5.74. The monoisotopic (exact) mass is 232 g/mol. The summed E-state index contributed by atoms with van der Waals surface area (Å²) in [5, 5.41) is 22.0. The highest BCUT2D eigenvalue weighted by molar-refractivity contribution is 5.43. The van der Waals surface area contributed by atoms with Gasteiger partial charge in [-0.05, 0) is 43.0 Å². The average Bonchev–Trinajstić information content (AvgIpc) is 3.14. The molecule has 1 aliphatic carbocycles. The Morgan fingerprint density at radius 2 is 2.35 bits per heavy atom. The van der Waals surface area contributed by atoms with E-state index in [2.05, 4.69) is 11.4 Å². The number of methoxy groups -OCH3 is 1. The summed E-state index contributed by atoms with van der Waals surface area (Å²) >= 11 is 0. The van der Waals surface area contributed by atoms with Crippen LogP contribution < -0.4 is 10.1 Å². The van der Waals surface area contributed by atoms with Crippen LogP contribution in [0.3, 0.4) is 0 Å². The van der Waals surface area contributed by atoms with Gasteiger partial charge < -0.3 is 9.84 Å². The minimum absolute atomic E-state index is 0.0680. The van der Waals surface area contributed by atoms with Gasteiger partial charge in [-0.3, -0.25) is 5.32 Å². The van der Waals surface area contributed by atoms with Crippen molar-refractivity contribution in [3.63, 3.8) is 0 Å². The van der Waals surface area contributed by atoms with Crippen LogP contribution in [0.2, 0.25) is 0 Å². The molecule has 1 atom stereocenters. The molecule has 0 aromatic heterocycles. The number of benzene rings is 1. The molecule has 1 fully saturated rings. The van der Waals surface area contributed by atoms with Gasteiger partial charge in [0.25, 0.3) is 0 Å². The van der Waals surface area contributed by atoms with Crippen LogP contribution in [-0.2, 0) is 0 Å². The molecule has 4 heteroatoms. The smallest absolute Gasteiger partial charge is 0.160 e. The number of nitrogens with zero attached hydrogens (tertiary/aromatic N) is 1. The number of hydrogen-bond acceptors (Lipinski definition) is 4. The van der Waals surface area contributed by atoms with E-state index in [1.807, 2.05) is 0 Å². The van der Waals surface area contributed by atoms with Crippen molar-refractivity contribution in [3.05, 3.63) is 23.8 Å². The SMILES string of the molecule is COc1ccc(C(C#N)NCC2CC2)cc1O. The Morgan fingerprint density at radius 3 is 2.88 bits per heavy atom. The molecule has 0 saturated heterocycles. The number of phenols is 1. The summed E-state index contributed by atoms with van der Waals surface area (Å²) in [5.41, 5.74) is 0.770. The van der Waals surface area contributed by atoms with Crippen LogP contribution in [0.1, 0.15) is 24.4 Å². The Bertz CT molecular complexity index is 436. The predicted molar refractivity (Wildman–Crippen MR) is 63.7 cm³/mol. The standard InChI is InChI=1S/C13H16N2O2/c1-17-13-5-4-10(6-12(13)16)11(7-14)15-8-9-2-3-9/h4-6,9,11,15-16H,2-3,8H2,1H3. The molecule has 1 saturated carbocycles. The molecule has 1 aliphatic rings. The Kier molecular flexibility index (Phi) is 3.50. The van der Waals surface area contributed by atoms with Gasteiger partial charge in [0.05, 0.1) is 13.2 Å². The Morgan fingerprint density at radius 1 is 1.59 bits per heavy atom. The first-order chi connectivity index (χ1) is 8.24. The lowest BCUT2D eigenvalue weighted by molar-refractivity contribution is 0.372. The molecule has 17 heavy (non-hydrogen) atoms. The second-order valence-electron chi connectivity index (χ2n) is 4.35.